The fourth-order valence-electron chi connectivity index (χ4n) is 1.68. The molecule has 2 heterocycles. The molecule has 0 fully saturated rings. The van der Waals surface area contributed by atoms with Crippen molar-refractivity contribution in [3.05, 3.63) is 45.5 Å². The van der Waals surface area contributed by atoms with Gasteiger partial charge in [0.2, 0.25) is 11.2 Å². The van der Waals surface area contributed by atoms with Crippen LogP contribution in [0.3, 0.4) is 0 Å². The van der Waals surface area contributed by atoms with E-state index in [1.54, 1.807) is 35.6 Å². The van der Waals surface area contributed by atoms with E-state index in [-0.39, 0.29) is 5.28 Å². The number of ether oxygens (including phenoxy) is 1. The summed E-state index contributed by atoms with van der Waals surface area (Å²) in [5.41, 5.74) is 0. The van der Waals surface area contributed by atoms with Crippen LogP contribution in [0.15, 0.2) is 30.3 Å². The minimum Gasteiger partial charge on any atom is -0.438 e. The van der Waals surface area contributed by atoms with Crippen molar-refractivity contribution in [2.24, 2.45) is 0 Å². The number of fused-ring (bicyclic) bond motifs is 1. The van der Waals surface area contributed by atoms with Crippen LogP contribution in [0.1, 0.15) is 4.88 Å². The molecule has 0 N–H and O–H groups in total. The normalized spacial score (nSPS) is 10.9. The van der Waals surface area contributed by atoms with Gasteiger partial charge in [0.1, 0.15) is 10.6 Å². The summed E-state index contributed by atoms with van der Waals surface area (Å²) in [6.07, 6.45) is 0. The maximum atomic E-state index is 5.91. The summed E-state index contributed by atoms with van der Waals surface area (Å²) in [4.78, 5) is 10.3. The number of hydrogen-bond donors (Lipinski definition) is 0. The Labute approximate surface area is 123 Å². The lowest BCUT2D eigenvalue weighted by Crippen LogP contribution is -1.90. The van der Waals surface area contributed by atoms with Crippen molar-refractivity contribution in [3.63, 3.8) is 0 Å². The first-order valence-electron chi connectivity index (χ1n) is 5.49. The average Bonchev–Trinajstić information content (AvgIpc) is 2.72. The van der Waals surface area contributed by atoms with Crippen LogP contribution in [0.5, 0.6) is 11.6 Å². The standard InChI is InChI=1S/C13H8Cl2N2OS/c1-7-6-10-11(16-13(15)17-12(10)19-7)18-9-4-2-8(14)3-5-9/h2-6H,1H3. The van der Waals surface area contributed by atoms with Gasteiger partial charge in [0.05, 0.1) is 5.39 Å². The van der Waals surface area contributed by atoms with Crippen LogP contribution in [0, 0.1) is 6.92 Å². The molecule has 0 atom stereocenters. The Hall–Kier alpha value is -1.36. The highest BCUT2D eigenvalue weighted by molar-refractivity contribution is 7.18. The van der Waals surface area contributed by atoms with Gasteiger partial charge in [0.15, 0.2) is 0 Å². The van der Waals surface area contributed by atoms with Crippen molar-refractivity contribution >= 4 is 44.8 Å². The van der Waals surface area contributed by atoms with Crippen LogP contribution in [-0.4, -0.2) is 9.97 Å². The molecular formula is C13H8Cl2N2OS. The predicted octanol–water partition coefficient (Wildman–Crippen LogP) is 5.10. The summed E-state index contributed by atoms with van der Waals surface area (Å²) >= 11 is 13.3. The van der Waals surface area contributed by atoms with Crippen LogP contribution < -0.4 is 4.74 Å². The SMILES string of the molecule is Cc1cc2c(Oc3ccc(Cl)cc3)nc(Cl)nc2s1. The Kier molecular flexibility index (Phi) is 3.31. The van der Waals surface area contributed by atoms with Gasteiger partial charge in [0, 0.05) is 9.90 Å². The zero-order chi connectivity index (χ0) is 13.4. The van der Waals surface area contributed by atoms with Crippen molar-refractivity contribution in [1.82, 2.24) is 9.97 Å². The molecule has 0 spiro atoms. The van der Waals surface area contributed by atoms with E-state index in [4.69, 9.17) is 27.9 Å². The third-order valence-corrected chi connectivity index (χ3v) is 3.85. The van der Waals surface area contributed by atoms with E-state index in [1.165, 1.54) is 0 Å². The monoisotopic (exact) mass is 310 g/mol. The van der Waals surface area contributed by atoms with Crippen LogP contribution >= 0.6 is 34.5 Å². The lowest BCUT2D eigenvalue weighted by atomic mass is 10.3. The van der Waals surface area contributed by atoms with Crippen molar-refractivity contribution in [2.45, 2.75) is 6.92 Å². The van der Waals surface area contributed by atoms with Gasteiger partial charge in [0.25, 0.3) is 0 Å². The average molecular weight is 311 g/mol. The van der Waals surface area contributed by atoms with Gasteiger partial charge in [-0.2, -0.15) is 4.98 Å². The molecular weight excluding hydrogens is 303 g/mol. The van der Waals surface area contributed by atoms with Gasteiger partial charge in [-0.25, -0.2) is 4.98 Å². The highest BCUT2D eigenvalue weighted by Crippen LogP contribution is 2.33. The number of rotatable bonds is 2. The lowest BCUT2D eigenvalue weighted by molar-refractivity contribution is 0.468. The molecule has 0 saturated carbocycles. The van der Waals surface area contributed by atoms with Gasteiger partial charge >= 0.3 is 0 Å². The summed E-state index contributed by atoms with van der Waals surface area (Å²) in [6, 6.07) is 9.07. The third kappa shape index (κ3) is 2.66. The lowest BCUT2D eigenvalue weighted by Gasteiger charge is -2.05. The number of thiophene rings is 1. The molecule has 1 aromatic carbocycles. The first-order valence-corrected chi connectivity index (χ1v) is 7.06. The molecule has 19 heavy (non-hydrogen) atoms. The maximum absolute atomic E-state index is 5.91. The summed E-state index contributed by atoms with van der Waals surface area (Å²) in [5.74, 6) is 1.12. The van der Waals surface area contributed by atoms with Crippen LogP contribution in [0.4, 0.5) is 0 Å². The van der Waals surface area contributed by atoms with Crippen molar-refractivity contribution in [1.29, 1.82) is 0 Å². The second kappa shape index (κ2) is 4.96. The Morgan fingerprint density at radius 2 is 1.84 bits per heavy atom. The van der Waals surface area contributed by atoms with Gasteiger partial charge in [-0.15, -0.1) is 11.3 Å². The second-order valence-electron chi connectivity index (χ2n) is 3.93. The molecule has 3 aromatic rings. The minimum absolute atomic E-state index is 0.179. The summed E-state index contributed by atoms with van der Waals surface area (Å²) in [5, 5.41) is 1.70. The van der Waals surface area contributed by atoms with E-state index >= 15 is 0 Å². The highest BCUT2D eigenvalue weighted by Gasteiger charge is 2.11. The molecule has 0 unspecified atom stereocenters. The fourth-order valence-corrected chi connectivity index (χ4v) is 2.89. The first-order chi connectivity index (χ1) is 9.11. The van der Waals surface area contributed by atoms with E-state index in [2.05, 4.69) is 9.97 Å². The predicted molar refractivity (Wildman–Crippen MR) is 78.7 cm³/mol. The number of benzene rings is 1. The minimum atomic E-state index is 0.179. The number of aromatic nitrogens is 2. The first kappa shape index (κ1) is 12.7. The summed E-state index contributed by atoms with van der Waals surface area (Å²) in [6.45, 7) is 2.01. The Morgan fingerprint density at radius 1 is 1.11 bits per heavy atom. The van der Waals surface area contributed by atoms with Crippen LogP contribution in [0.25, 0.3) is 10.2 Å². The van der Waals surface area contributed by atoms with Crippen molar-refractivity contribution in [3.8, 4) is 11.6 Å². The molecule has 6 heteroatoms. The van der Waals surface area contributed by atoms with Crippen LogP contribution in [0.2, 0.25) is 10.3 Å². The largest absolute Gasteiger partial charge is 0.438 e. The molecule has 2 aromatic heterocycles. The van der Waals surface area contributed by atoms with Crippen LogP contribution in [-0.2, 0) is 0 Å². The third-order valence-electron chi connectivity index (χ3n) is 2.48. The van der Waals surface area contributed by atoms with Gasteiger partial charge in [-0.05, 0) is 48.9 Å². The number of hydrogen-bond acceptors (Lipinski definition) is 4. The molecule has 3 rings (SSSR count). The van der Waals surface area contributed by atoms with E-state index in [9.17, 15) is 0 Å². The molecule has 0 aliphatic carbocycles. The van der Waals surface area contributed by atoms with E-state index < -0.39 is 0 Å². The van der Waals surface area contributed by atoms with E-state index in [0.29, 0.717) is 16.7 Å². The Balaban J connectivity index is 2.06. The quantitative estimate of drug-likeness (QED) is 0.618. The topological polar surface area (TPSA) is 35.0 Å². The molecule has 0 aliphatic rings. The molecule has 96 valence electrons. The highest BCUT2D eigenvalue weighted by atomic mass is 35.5. The number of aryl methyl sites for hydroxylation is 1. The second-order valence-corrected chi connectivity index (χ2v) is 5.94. The molecule has 0 bridgehead atoms. The number of halogens is 2. The molecule has 0 saturated heterocycles. The zero-order valence-corrected chi connectivity index (χ0v) is 12.2. The zero-order valence-electron chi connectivity index (χ0n) is 9.85. The van der Waals surface area contributed by atoms with Gasteiger partial charge in [-0.1, -0.05) is 11.6 Å². The smallest absolute Gasteiger partial charge is 0.232 e. The maximum Gasteiger partial charge on any atom is 0.232 e. The van der Waals surface area contributed by atoms with E-state index in [0.717, 1.165) is 15.1 Å². The molecule has 0 amide bonds. The summed E-state index contributed by atoms with van der Waals surface area (Å²) in [7, 11) is 0. The van der Waals surface area contributed by atoms with Crippen molar-refractivity contribution in [2.75, 3.05) is 0 Å². The Morgan fingerprint density at radius 3 is 2.58 bits per heavy atom. The number of nitrogens with zero attached hydrogens (tertiary/aromatic N) is 2. The fraction of sp³-hybridized carbons (Fsp3) is 0.0769. The van der Waals surface area contributed by atoms with E-state index in [1.807, 2.05) is 13.0 Å². The molecule has 0 aliphatic heterocycles. The Bertz CT molecular complexity index is 740. The molecule has 3 nitrogen and oxygen atoms in total. The molecule has 0 radical (unpaired) electrons. The van der Waals surface area contributed by atoms with Crippen molar-refractivity contribution < 1.29 is 4.74 Å². The summed E-state index contributed by atoms with van der Waals surface area (Å²) < 4.78 is 5.75. The van der Waals surface area contributed by atoms with Gasteiger partial charge in [-0.3, -0.25) is 0 Å². The van der Waals surface area contributed by atoms with Gasteiger partial charge < -0.3 is 4.74 Å².